The fraction of sp³-hybridized carbons (Fsp3) is 0.381. The van der Waals surface area contributed by atoms with Crippen LogP contribution in [-0.4, -0.2) is 50.3 Å². The summed E-state index contributed by atoms with van der Waals surface area (Å²) in [5.74, 6) is -0.237. The van der Waals surface area contributed by atoms with Crippen LogP contribution >= 0.6 is 0 Å². The Bertz CT molecular complexity index is 782. The number of aliphatic hydroxyl groups excluding tert-OH is 1. The molecule has 5 nitrogen and oxygen atoms in total. The minimum Gasteiger partial charge on any atom is -0.388 e. The first-order valence-electron chi connectivity index (χ1n) is 9.18. The third-order valence-corrected chi connectivity index (χ3v) is 5.22. The maximum Gasteiger partial charge on any atom is 0.188 e. The topological polar surface area (TPSA) is 53.0 Å². The second kappa shape index (κ2) is 7.48. The van der Waals surface area contributed by atoms with E-state index in [1.165, 1.54) is 22.5 Å². The van der Waals surface area contributed by atoms with E-state index < -0.39 is 6.61 Å². The molecule has 2 aromatic carbocycles. The van der Waals surface area contributed by atoms with Gasteiger partial charge in [-0.25, -0.2) is 0 Å². The molecule has 0 aromatic heterocycles. The van der Waals surface area contributed by atoms with Gasteiger partial charge >= 0.3 is 0 Å². The van der Waals surface area contributed by atoms with Gasteiger partial charge in [0.2, 0.25) is 0 Å². The molecule has 5 heteroatoms. The smallest absolute Gasteiger partial charge is 0.188 e. The Hall–Kier alpha value is -2.37. The highest BCUT2D eigenvalue weighted by Gasteiger charge is 2.21. The normalized spacial score (nSPS) is 16.7. The number of hydrogen-bond donors (Lipinski definition) is 1. The van der Waals surface area contributed by atoms with Crippen molar-refractivity contribution in [2.75, 3.05) is 49.3 Å². The molecule has 0 atom stereocenters. The van der Waals surface area contributed by atoms with E-state index in [9.17, 15) is 4.79 Å². The molecule has 0 unspecified atom stereocenters. The molecule has 1 fully saturated rings. The Morgan fingerprint density at radius 1 is 1.04 bits per heavy atom. The van der Waals surface area contributed by atoms with Crippen molar-refractivity contribution in [3.63, 3.8) is 0 Å². The molecular formula is C21H24N2O3. The van der Waals surface area contributed by atoms with E-state index in [2.05, 4.69) is 28.0 Å². The molecule has 1 saturated heterocycles. The minimum atomic E-state index is -0.440. The van der Waals surface area contributed by atoms with Gasteiger partial charge in [0.1, 0.15) is 6.61 Å². The van der Waals surface area contributed by atoms with E-state index in [0.29, 0.717) is 5.56 Å². The Morgan fingerprint density at radius 3 is 2.54 bits per heavy atom. The number of Topliss-reactive ketones (excluding diaryl/α,β-unsaturated/α-hetero) is 1. The van der Waals surface area contributed by atoms with E-state index in [-0.39, 0.29) is 5.78 Å². The molecule has 0 bridgehead atoms. The number of rotatable bonds is 5. The quantitative estimate of drug-likeness (QED) is 0.837. The second-order valence-corrected chi connectivity index (χ2v) is 6.86. The molecule has 2 heterocycles. The molecule has 0 amide bonds. The van der Waals surface area contributed by atoms with Gasteiger partial charge < -0.3 is 19.6 Å². The number of anilines is 2. The summed E-state index contributed by atoms with van der Waals surface area (Å²) in [7, 11) is 0. The van der Waals surface area contributed by atoms with Crippen molar-refractivity contribution >= 4 is 17.2 Å². The predicted molar refractivity (Wildman–Crippen MR) is 102 cm³/mol. The van der Waals surface area contributed by atoms with Gasteiger partial charge in [0.15, 0.2) is 5.78 Å². The van der Waals surface area contributed by atoms with Crippen LogP contribution in [-0.2, 0) is 17.7 Å². The van der Waals surface area contributed by atoms with E-state index >= 15 is 0 Å². The molecule has 2 aliphatic rings. The molecular weight excluding hydrogens is 328 g/mol. The molecule has 0 radical (unpaired) electrons. The van der Waals surface area contributed by atoms with Crippen LogP contribution in [0.4, 0.5) is 11.4 Å². The SMILES string of the molecule is O=C(CO)c1ccc(CN2CCc3cc(N4CCOCC4)ccc32)cc1. The molecule has 26 heavy (non-hydrogen) atoms. The zero-order chi connectivity index (χ0) is 17.9. The highest BCUT2D eigenvalue weighted by molar-refractivity contribution is 5.96. The van der Waals surface area contributed by atoms with E-state index in [1.807, 2.05) is 12.1 Å². The third kappa shape index (κ3) is 3.45. The van der Waals surface area contributed by atoms with Crippen LogP contribution in [0.3, 0.4) is 0 Å². The summed E-state index contributed by atoms with van der Waals surface area (Å²) in [6.07, 6.45) is 1.06. The van der Waals surface area contributed by atoms with Crippen molar-refractivity contribution in [1.82, 2.24) is 0 Å². The van der Waals surface area contributed by atoms with Gasteiger partial charge in [-0.1, -0.05) is 24.3 Å². The molecule has 4 rings (SSSR count). The molecule has 0 aliphatic carbocycles. The van der Waals surface area contributed by atoms with Gasteiger partial charge in [-0.05, 0) is 35.7 Å². The van der Waals surface area contributed by atoms with Crippen molar-refractivity contribution in [1.29, 1.82) is 0 Å². The molecule has 1 N–H and O–H groups in total. The number of ether oxygens (including phenoxy) is 1. The fourth-order valence-corrected chi connectivity index (χ4v) is 3.75. The summed E-state index contributed by atoms with van der Waals surface area (Å²) in [6, 6.07) is 14.3. The molecule has 2 aliphatic heterocycles. The first-order chi connectivity index (χ1) is 12.7. The summed E-state index contributed by atoms with van der Waals surface area (Å²) in [5.41, 5.74) is 5.73. The fourth-order valence-electron chi connectivity index (χ4n) is 3.75. The lowest BCUT2D eigenvalue weighted by molar-refractivity contribution is 0.0903. The minimum absolute atomic E-state index is 0.237. The largest absolute Gasteiger partial charge is 0.388 e. The van der Waals surface area contributed by atoms with Crippen molar-refractivity contribution in [3.05, 3.63) is 59.2 Å². The first kappa shape index (κ1) is 17.1. The van der Waals surface area contributed by atoms with Crippen molar-refractivity contribution in [2.24, 2.45) is 0 Å². The van der Waals surface area contributed by atoms with Crippen molar-refractivity contribution in [2.45, 2.75) is 13.0 Å². The Balaban J connectivity index is 1.46. The lowest BCUT2D eigenvalue weighted by Crippen LogP contribution is -2.36. The van der Waals surface area contributed by atoms with Gasteiger partial charge in [-0.3, -0.25) is 4.79 Å². The number of carbonyl (C=O) groups excluding carboxylic acids is 1. The van der Waals surface area contributed by atoms with Crippen LogP contribution in [0.25, 0.3) is 0 Å². The van der Waals surface area contributed by atoms with Gasteiger partial charge in [0.05, 0.1) is 13.2 Å². The number of nitrogens with zero attached hydrogens (tertiary/aromatic N) is 2. The van der Waals surface area contributed by atoms with Crippen LogP contribution in [0.2, 0.25) is 0 Å². The second-order valence-electron chi connectivity index (χ2n) is 6.86. The van der Waals surface area contributed by atoms with Gasteiger partial charge in [-0.2, -0.15) is 0 Å². The number of aliphatic hydroxyl groups is 1. The zero-order valence-corrected chi connectivity index (χ0v) is 14.9. The molecule has 0 saturated carbocycles. The Labute approximate surface area is 153 Å². The number of carbonyl (C=O) groups is 1. The number of morpholine rings is 1. The van der Waals surface area contributed by atoms with E-state index in [0.717, 1.165) is 45.8 Å². The summed E-state index contributed by atoms with van der Waals surface area (Å²) in [4.78, 5) is 16.3. The maximum absolute atomic E-state index is 11.5. The maximum atomic E-state index is 11.5. The molecule has 2 aromatic rings. The van der Waals surface area contributed by atoms with Crippen LogP contribution < -0.4 is 9.80 Å². The number of benzene rings is 2. The lowest BCUT2D eigenvalue weighted by atomic mass is 10.1. The first-order valence-corrected chi connectivity index (χ1v) is 9.18. The number of hydrogen-bond acceptors (Lipinski definition) is 5. The van der Waals surface area contributed by atoms with Crippen LogP contribution in [0.1, 0.15) is 21.5 Å². The van der Waals surface area contributed by atoms with Crippen LogP contribution in [0, 0.1) is 0 Å². The van der Waals surface area contributed by atoms with Crippen LogP contribution in [0.5, 0.6) is 0 Å². The van der Waals surface area contributed by atoms with Crippen LogP contribution in [0.15, 0.2) is 42.5 Å². The summed E-state index contributed by atoms with van der Waals surface area (Å²) in [5, 5.41) is 8.94. The zero-order valence-electron chi connectivity index (χ0n) is 14.9. The number of fused-ring (bicyclic) bond motifs is 1. The van der Waals surface area contributed by atoms with E-state index in [1.54, 1.807) is 12.1 Å². The molecule has 0 spiro atoms. The van der Waals surface area contributed by atoms with E-state index in [4.69, 9.17) is 9.84 Å². The predicted octanol–water partition coefficient (Wildman–Crippen LogP) is 2.26. The Kier molecular flexibility index (Phi) is 4.91. The van der Waals surface area contributed by atoms with Gasteiger partial charge in [0.25, 0.3) is 0 Å². The van der Waals surface area contributed by atoms with Gasteiger partial charge in [0, 0.05) is 43.1 Å². The third-order valence-electron chi connectivity index (χ3n) is 5.22. The number of ketones is 1. The standard InChI is InChI=1S/C21H24N2O3/c24-15-21(25)17-3-1-16(2-4-17)14-23-8-7-18-13-19(5-6-20(18)23)22-9-11-26-12-10-22/h1-6,13,24H,7-12,14-15H2. The molecule has 136 valence electrons. The van der Waals surface area contributed by atoms with Crippen molar-refractivity contribution in [3.8, 4) is 0 Å². The lowest BCUT2D eigenvalue weighted by Gasteiger charge is -2.29. The average molecular weight is 352 g/mol. The summed E-state index contributed by atoms with van der Waals surface area (Å²) >= 11 is 0. The highest BCUT2D eigenvalue weighted by atomic mass is 16.5. The average Bonchev–Trinajstić information content (AvgIpc) is 3.10. The van der Waals surface area contributed by atoms with Crippen molar-refractivity contribution < 1.29 is 14.6 Å². The highest BCUT2D eigenvalue weighted by Crippen LogP contribution is 2.33. The van der Waals surface area contributed by atoms with Gasteiger partial charge in [-0.15, -0.1) is 0 Å². The Morgan fingerprint density at radius 2 is 1.81 bits per heavy atom. The summed E-state index contributed by atoms with van der Waals surface area (Å²) in [6.45, 7) is 4.93. The summed E-state index contributed by atoms with van der Waals surface area (Å²) < 4.78 is 5.44. The monoisotopic (exact) mass is 352 g/mol.